The molecular formula is C18H27ClN2O. The van der Waals surface area contributed by atoms with Crippen LogP contribution in [-0.2, 0) is 4.79 Å². The van der Waals surface area contributed by atoms with Crippen LogP contribution in [0.15, 0.2) is 30.3 Å². The van der Waals surface area contributed by atoms with E-state index in [4.69, 9.17) is 5.73 Å². The van der Waals surface area contributed by atoms with Crippen LogP contribution in [0.3, 0.4) is 0 Å². The van der Waals surface area contributed by atoms with Gasteiger partial charge in [0, 0.05) is 13.1 Å². The second kappa shape index (κ2) is 7.47. The van der Waals surface area contributed by atoms with Crippen LogP contribution in [0.5, 0.6) is 0 Å². The third-order valence-electron chi connectivity index (χ3n) is 5.21. The number of likely N-dealkylation sites (tertiary alicyclic amines) is 1. The molecule has 2 fully saturated rings. The number of rotatable bonds is 2. The SMILES string of the molecule is Cl.NC1(C(=O)N2CCCC(c3ccccc3)CC2)CCCC1. The molecule has 4 heteroatoms. The smallest absolute Gasteiger partial charge is 0.242 e. The Morgan fingerprint density at radius 1 is 1.05 bits per heavy atom. The topological polar surface area (TPSA) is 46.3 Å². The van der Waals surface area contributed by atoms with Gasteiger partial charge in [0.2, 0.25) is 5.91 Å². The van der Waals surface area contributed by atoms with Gasteiger partial charge in [-0.15, -0.1) is 12.4 Å². The Morgan fingerprint density at radius 2 is 1.73 bits per heavy atom. The summed E-state index contributed by atoms with van der Waals surface area (Å²) in [5, 5.41) is 0. The summed E-state index contributed by atoms with van der Waals surface area (Å²) < 4.78 is 0. The first-order valence-corrected chi connectivity index (χ1v) is 8.32. The monoisotopic (exact) mass is 322 g/mol. The predicted molar refractivity (Wildman–Crippen MR) is 92.2 cm³/mol. The highest BCUT2D eigenvalue weighted by molar-refractivity contribution is 5.86. The molecule has 3 nitrogen and oxygen atoms in total. The fourth-order valence-corrected chi connectivity index (χ4v) is 3.89. The zero-order valence-corrected chi connectivity index (χ0v) is 14.0. The van der Waals surface area contributed by atoms with Crippen molar-refractivity contribution in [3.05, 3.63) is 35.9 Å². The second-order valence-electron chi connectivity index (χ2n) is 6.69. The number of halogens is 1. The minimum absolute atomic E-state index is 0. The van der Waals surface area contributed by atoms with Gasteiger partial charge in [-0.05, 0) is 43.6 Å². The Bertz CT molecular complexity index is 485. The van der Waals surface area contributed by atoms with Crippen molar-refractivity contribution in [1.29, 1.82) is 0 Å². The molecule has 1 saturated heterocycles. The predicted octanol–water partition coefficient (Wildman–Crippen LogP) is 3.48. The van der Waals surface area contributed by atoms with Crippen molar-refractivity contribution in [1.82, 2.24) is 4.90 Å². The van der Waals surface area contributed by atoms with Gasteiger partial charge in [0.05, 0.1) is 5.54 Å². The molecule has 0 spiro atoms. The molecule has 22 heavy (non-hydrogen) atoms. The summed E-state index contributed by atoms with van der Waals surface area (Å²) in [7, 11) is 0. The standard InChI is InChI=1S/C18H26N2O.ClH/c19-18(11-4-5-12-18)17(21)20-13-6-9-16(10-14-20)15-7-2-1-3-8-15;/h1-3,7-8,16H,4-6,9-14,19H2;1H. The van der Waals surface area contributed by atoms with Gasteiger partial charge in [-0.25, -0.2) is 0 Å². The molecular weight excluding hydrogens is 296 g/mol. The summed E-state index contributed by atoms with van der Waals surface area (Å²) in [6.07, 6.45) is 7.25. The van der Waals surface area contributed by atoms with E-state index in [0.717, 1.165) is 51.6 Å². The van der Waals surface area contributed by atoms with E-state index in [1.54, 1.807) is 0 Å². The third kappa shape index (κ3) is 3.64. The first-order valence-electron chi connectivity index (χ1n) is 8.32. The molecule has 1 aromatic rings. The quantitative estimate of drug-likeness (QED) is 0.906. The number of carbonyl (C=O) groups excluding carboxylic acids is 1. The lowest BCUT2D eigenvalue weighted by Crippen LogP contribution is -2.53. The van der Waals surface area contributed by atoms with E-state index in [1.807, 2.05) is 4.90 Å². The molecule has 1 atom stereocenters. The van der Waals surface area contributed by atoms with Gasteiger partial charge in [-0.1, -0.05) is 43.2 Å². The molecule has 2 N–H and O–H groups in total. The van der Waals surface area contributed by atoms with Crippen molar-refractivity contribution >= 4 is 18.3 Å². The van der Waals surface area contributed by atoms with E-state index in [0.29, 0.717) is 5.92 Å². The van der Waals surface area contributed by atoms with Crippen LogP contribution < -0.4 is 5.73 Å². The molecule has 3 rings (SSSR count). The van der Waals surface area contributed by atoms with Crippen LogP contribution in [0, 0.1) is 0 Å². The van der Waals surface area contributed by atoms with Crippen molar-refractivity contribution in [3.63, 3.8) is 0 Å². The van der Waals surface area contributed by atoms with Crippen LogP contribution in [0.2, 0.25) is 0 Å². The maximum Gasteiger partial charge on any atom is 0.242 e. The van der Waals surface area contributed by atoms with Gasteiger partial charge in [-0.3, -0.25) is 4.79 Å². The highest BCUT2D eigenvalue weighted by Crippen LogP contribution is 2.32. The molecule has 1 heterocycles. The van der Waals surface area contributed by atoms with E-state index in [1.165, 1.54) is 12.0 Å². The number of amides is 1. The summed E-state index contributed by atoms with van der Waals surface area (Å²) in [4.78, 5) is 14.8. The maximum absolute atomic E-state index is 12.7. The highest BCUT2D eigenvalue weighted by atomic mass is 35.5. The van der Waals surface area contributed by atoms with Crippen molar-refractivity contribution < 1.29 is 4.79 Å². The number of benzene rings is 1. The Hall–Kier alpha value is -1.06. The maximum atomic E-state index is 12.7. The van der Waals surface area contributed by atoms with Gasteiger partial charge < -0.3 is 10.6 Å². The Balaban J connectivity index is 0.00000176. The number of hydrogen-bond donors (Lipinski definition) is 1. The molecule has 0 aromatic heterocycles. The average Bonchev–Trinajstić information content (AvgIpc) is 2.83. The van der Waals surface area contributed by atoms with E-state index in [-0.39, 0.29) is 18.3 Å². The number of hydrogen-bond acceptors (Lipinski definition) is 2. The zero-order chi connectivity index (χ0) is 14.7. The summed E-state index contributed by atoms with van der Waals surface area (Å²) in [6.45, 7) is 1.73. The minimum Gasteiger partial charge on any atom is -0.341 e. The lowest BCUT2D eigenvalue weighted by atomic mass is 9.92. The van der Waals surface area contributed by atoms with Crippen LogP contribution >= 0.6 is 12.4 Å². The number of nitrogens with zero attached hydrogens (tertiary/aromatic N) is 1. The van der Waals surface area contributed by atoms with Gasteiger partial charge in [0.25, 0.3) is 0 Å². The summed E-state index contributed by atoms with van der Waals surface area (Å²) in [6, 6.07) is 10.7. The fraction of sp³-hybridized carbons (Fsp3) is 0.611. The van der Waals surface area contributed by atoms with Gasteiger partial charge in [0.1, 0.15) is 0 Å². The molecule has 0 radical (unpaired) electrons. The van der Waals surface area contributed by atoms with Crippen LogP contribution in [0.1, 0.15) is 56.4 Å². The summed E-state index contributed by atoms with van der Waals surface area (Å²) in [5.74, 6) is 0.787. The van der Waals surface area contributed by atoms with E-state index >= 15 is 0 Å². The molecule has 1 aliphatic heterocycles. The third-order valence-corrected chi connectivity index (χ3v) is 5.21. The Morgan fingerprint density at radius 3 is 2.41 bits per heavy atom. The zero-order valence-electron chi connectivity index (χ0n) is 13.2. The van der Waals surface area contributed by atoms with E-state index in [9.17, 15) is 4.79 Å². The molecule has 0 bridgehead atoms. The first-order chi connectivity index (χ1) is 10.2. The lowest BCUT2D eigenvalue weighted by molar-refractivity contribution is -0.136. The summed E-state index contributed by atoms with van der Waals surface area (Å²) in [5.41, 5.74) is 7.19. The van der Waals surface area contributed by atoms with E-state index < -0.39 is 5.54 Å². The van der Waals surface area contributed by atoms with Crippen molar-refractivity contribution in [2.75, 3.05) is 13.1 Å². The highest BCUT2D eigenvalue weighted by Gasteiger charge is 2.40. The number of carbonyl (C=O) groups is 1. The normalized spacial score (nSPS) is 24.4. The molecule has 122 valence electrons. The van der Waals surface area contributed by atoms with Crippen molar-refractivity contribution in [2.24, 2.45) is 5.73 Å². The molecule has 2 aliphatic rings. The van der Waals surface area contributed by atoms with E-state index in [2.05, 4.69) is 30.3 Å². The Labute approximate surface area is 139 Å². The largest absolute Gasteiger partial charge is 0.341 e. The first kappa shape index (κ1) is 17.3. The second-order valence-corrected chi connectivity index (χ2v) is 6.69. The lowest BCUT2D eigenvalue weighted by Gasteiger charge is -2.30. The van der Waals surface area contributed by atoms with Gasteiger partial charge in [-0.2, -0.15) is 0 Å². The van der Waals surface area contributed by atoms with Crippen molar-refractivity contribution in [3.8, 4) is 0 Å². The summed E-state index contributed by atoms with van der Waals surface area (Å²) >= 11 is 0. The molecule has 1 amide bonds. The fourth-order valence-electron chi connectivity index (χ4n) is 3.89. The minimum atomic E-state index is -0.563. The van der Waals surface area contributed by atoms with Crippen molar-refractivity contribution in [2.45, 2.75) is 56.4 Å². The molecule has 1 aromatic carbocycles. The molecule has 1 saturated carbocycles. The molecule has 1 unspecified atom stereocenters. The Kier molecular flexibility index (Phi) is 5.87. The van der Waals surface area contributed by atoms with Crippen LogP contribution in [-0.4, -0.2) is 29.4 Å². The van der Waals surface area contributed by atoms with Crippen LogP contribution in [0.4, 0.5) is 0 Å². The average molecular weight is 323 g/mol. The van der Waals surface area contributed by atoms with Gasteiger partial charge in [0.15, 0.2) is 0 Å². The van der Waals surface area contributed by atoms with Crippen LogP contribution in [0.25, 0.3) is 0 Å². The molecule has 1 aliphatic carbocycles. The number of nitrogens with two attached hydrogens (primary N) is 1. The van der Waals surface area contributed by atoms with Gasteiger partial charge >= 0.3 is 0 Å².